The number of nitrogens with zero attached hydrogens (tertiary/aromatic N) is 1. The number of nitriles is 1. The Kier molecular flexibility index (Phi) is 4.18. The molecule has 0 spiro atoms. The summed E-state index contributed by atoms with van der Waals surface area (Å²) in [5.74, 6) is 0. The first kappa shape index (κ1) is 11.3. The Morgan fingerprint density at radius 2 is 2.36 bits per heavy atom. The lowest BCUT2D eigenvalue weighted by Crippen LogP contribution is -1.98. The molecule has 0 saturated heterocycles. The quantitative estimate of drug-likeness (QED) is 0.855. The van der Waals surface area contributed by atoms with Gasteiger partial charge < -0.3 is 5.73 Å². The SMILES string of the molecule is CCC/C(C#N)=C(/N)c1ccc(Br)s1. The first-order valence-corrected chi connectivity index (χ1v) is 5.94. The second-order valence-electron chi connectivity index (χ2n) is 2.86. The molecule has 0 saturated carbocycles. The Bertz CT molecular complexity index is 387. The van der Waals surface area contributed by atoms with Crippen LogP contribution in [0.2, 0.25) is 0 Å². The highest BCUT2D eigenvalue weighted by atomic mass is 79.9. The number of allylic oxidation sites excluding steroid dienone is 1. The van der Waals surface area contributed by atoms with Gasteiger partial charge in [-0.3, -0.25) is 0 Å². The van der Waals surface area contributed by atoms with E-state index in [0.717, 1.165) is 21.5 Å². The topological polar surface area (TPSA) is 49.8 Å². The summed E-state index contributed by atoms with van der Waals surface area (Å²) in [6.45, 7) is 2.04. The lowest BCUT2D eigenvalue weighted by atomic mass is 10.1. The van der Waals surface area contributed by atoms with E-state index in [4.69, 9.17) is 11.0 Å². The van der Waals surface area contributed by atoms with E-state index in [9.17, 15) is 0 Å². The second kappa shape index (κ2) is 5.18. The van der Waals surface area contributed by atoms with Crippen LogP contribution in [0, 0.1) is 11.3 Å². The molecule has 1 aromatic heterocycles. The lowest BCUT2D eigenvalue weighted by Gasteiger charge is -2.01. The molecule has 2 N–H and O–H groups in total. The maximum Gasteiger partial charge on any atom is 0.0969 e. The fraction of sp³-hybridized carbons (Fsp3) is 0.300. The van der Waals surface area contributed by atoms with E-state index in [0.29, 0.717) is 11.3 Å². The van der Waals surface area contributed by atoms with Crippen molar-refractivity contribution < 1.29 is 0 Å². The molecule has 4 heteroatoms. The minimum Gasteiger partial charge on any atom is -0.397 e. The average Bonchev–Trinajstić information content (AvgIpc) is 2.60. The number of nitrogens with two attached hydrogens (primary N) is 1. The highest BCUT2D eigenvalue weighted by molar-refractivity contribution is 9.11. The normalized spacial score (nSPS) is 12.1. The Hall–Kier alpha value is -0.790. The van der Waals surface area contributed by atoms with Gasteiger partial charge in [0.05, 0.1) is 26.0 Å². The number of hydrogen-bond donors (Lipinski definition) is 1. The van der Waals surface area contributed by atoms with Crippen molar-refractivity contribution in [2.75, 3.05) is 0 Å². The molecule has 14 heavy (non-hydrogen) atoms. The van der Waals surface area contributed by atoms with Crippen molar-refractivity contribution in [1.82, 2.24) is 0 Å². The summed E-state index contributed by atoms with van der Waals surface area (Å²) in [6.07, 6.45) is 1.69. The van der Waals surface area contributed by atoms with Gasteiger partial charge in [-0.15, -0.1) is 11.3 Å². The molecule has 2 nitrogen and oxygen atoms in total. The molecule has 0 aliphatic carbocycles. The van der Waals surface area contributed by atoms with Crippen LogP contribution >= 0.6 is 27.3 Å². The van der Waals surface area contributed by atoms with Crippen molar-refractivity contribution >= 4 is 33.0 Å². The Morgan fingerprint density at radius 3 is 2.79 bits per heavy atom. The van der Waals surface area contributed by atoms with E-state index in [1.165, 1.54) is 0 Å². The number of halogens is 1. The van der Waals surface area contributed by atoms with Gasteiger partial charge in [0.1, 0.15) is 0 Å². The van der Waals surface area contributed by atoms with Crippen LogP contribution in [-0.2, 0) is 0 Å². The van der Waals surface area contributed by atoms with Crippen LogP contribution in [0.5, 0.6) is 0 Å². The fourth-order valence-electron chi connectivity index (χ4n) is 1.11. The van der Waals surface area contributed by atoms with Crippen molar-refractivity contribution in [3.05, 3.63) is 26.4 Å². The molecule has 0 atom stereocenters. The summed E-state index contributed by atoms with van der Waals surface area (Å²) in [7, 11) is 0. The summed E-state index contributed by atoms with van der Waals surface area (Å²) < 4.78 is 1.03. The van der Waals surface area contributed by atoms with Gasteiger partial charge in [0.2, 0.25) is 0 Å². The molecule has 1 rings (SSSR count). The zero-order valence-electron chi connectivity index (χ0n) is 7.88. The van der Waals surface area contributed by atoms with Crippen LogP contribution in [0.15, 0.2) is 21.5 Å². The molecule has 1 aromatic rings. The average molecular weight is 271 g/mol. The summed E-state index contributed by atoms with van der Waals surface area (Å²) in [5, 5.41) is 8.90. The van der Waals surface area contributed by atoms with E-state index in [1.54, 1.807) is 11.3 Å². The Balaban J connectivity index is 3.02. The summed E-state index contributed by atoms with van der Waals surface area (Å²) in [4.78, 5) is 0.960. The predicted molar refractivity (Wildman–Crippen MR) is 63.6 cm³/mol. The molecule has 0 aliphatic heterocycles. The van der Waals surface area contributed by atoms with Crippen LogP contribution in [-0.4, -0.2) is 0 Å². The van der Waals surface area contributed by atoms with Crippen LogP contribution in [0.1, 0.15) is 24.6 Å². The van der Waals surface area contributed by atoms with Crippen LogP contribution in [0.4, 0.5) is 0 Å². The maximum atomic E-state index is 8.90. The van der Waals surface area contributed by atoms with E-state index < -0.39 is 0 Å². The van der Waals surface area contributed by atoms with Gasteiger partial charge in [-0.1, -0.05) is 13.3 Å². The van der Waals surface area contributed by atoms with Gasteiger partial charge in [-0.05, 0) is 34.5 Å². The van der Waals surface area contributed by atoms with Gasteiger partial charge in [-0.25, -0.2) is 0 Å². The van der Waals surface area contributed by atoms with Gasteiger partial charge in [0.15, 0.2) is 0 Å². The maximum absolute atomic E-state index is 8.90. The van der Waals surface area contributed by atoms with Crippen molar-refractivity contribution in [3.8, 4) is 6.07 Å². The molecule has 0 amide bonds. The number of thiophene rings is 1. The summed E-state index contributed by atoms with van der Waals surface area (Å²) >= 11 is 4.92. The van der Waals surface area contributed by atoms with E-state index in [2.05, 4.69) is 22.0 Å². The Morgan fingerprint density at radius 1 is 1.64 bits per heavy atom. The third kappa shape index (κ3) is 2.60. The molecule has 0 fully saturated rings. The third-order valence-electron chi connectivity index (χ3n) is 1.80. The molecular weight excluding hydrogens is 260 g/mol. The van der Waals surface area contributed by atoms with Gasteiger partial charge in [0, 0.05) is 0 Å². The largest absolute Gasteiger partial charge is 0.397 e. The standard InChI is InChI=1S/C10H11BrN2S/c1-2-3-7(6-12)10(13)8-4-5-9(11)14-8/h4-5H,2-3,13H2,1H3/b10-7-. The van der Waals surface area contributed by atoms with Crippen LogP contribution < -0.4 is 5.73 Å². The smallest absolute Gasteiger partial charge is 0.0969 e. The van der Waals surface area contributed by atoms with Crippen LogP contribution in [0.25, 0.3) is 5.70 Å². The Labute approximate surface area is 96.2 Å². The van der Waals surface area contributed by atoms with Gasteiger partial charge in [-0.2, -0.15) is 5.26 Å². The molecular formula is C10H11BrN2S. The van der Waals surface area contributed by atoms with Gasteiger partial charge in [0.25, 0.3) is 0 Å². The van der Waals surface area contributed by atoms with Gasteiger partial charge >= 0.3 is 0 Å². The molecule has 74 valence electrons. The van der Waals surface area contributed by atoms with Crippen molar-refractivity contribution in [1.29, 1.82) is 5.26 Å². The van der Waals surface area contributed by atoms with Crippen molar-refractivity contribution in [2.45, 2.75) is 19.8 Å². The van der Waals surface area contributed by atoms with Crippen LogP contribution in [0.3, 0.4) is 0 Å². The highest BCUT2D eigenvalue weighted by Gasteiger charge is 2.06. The zero-order valence-corrected chi connectivity index (χ0v) is 10.3. The molecule has 0 unspecified atom stereocenters. The first-order chi connectivity index (χ1) is 6.69. The molecule has 0 aliphatic rings. The minimum absolute atomic E-state index is 0.616. The van der Waals surface area contributed by atoms with E-state index in [1.807, 2.05) is 19.1 Å². The fourth-order valence-corrected chi connectivity index (χ4v) is 2.48. The molecule has 1 heterocycles. The molecule has 0 bridgehead atoms. The van der Waals surface area contributed by atoms with Crippen molar-refractivity contribution in [3.63, 3.8) is 0 Å². The number of rotatable bonds is 3. The molecule has 0 radical (unpaired) electrons. The summed E-state index contributed by atoms with van der Waals surface area (Å²) in [5.41, 5.74) is 7.19. The van der Waals surface area contributed by atoms with Crippen molar-refractivity contribution in [2.24, 2.45) is 5.73 Å². The highest BCUT2D eigenvalue weighted by Crippen LogP contribution is 2.27. The monoisotopic (exact) mass is 270 g/mol. The summed E-state index contributed by atoms with van der Waals surface area (Å²) in [6, 6.07) is 6.02. The van der Waals surface area contributed by atoms with E-state index in [-0.39, 0.29) is 0 Å². The molecule has 0 aromatic carbocycles. The zero-order chi connectivity index (χ0) is 10.6. The lowest BCUT2D eigenvalue weighted by molar-refractivity contribution is 0.929. The predicted octanol–water partition coefficient (Wildman–Crippen LogP) is 3.50. The minimum atomic E-state index is 0.616. The first-order valence-electron chi connectivity index (χ1n) is 4.33. The second-order valence-corrected chi connectivity index (χ2v) is 5.32. The third-order valence-corrected chi connectivity index (χ3v) is 3.46. The van der Waals surface area contributed by atoms with E-state index >= 15 is 0 Å². The number of hydrogen-bond acceptors (Lipinski definition) is 3.